The number of carbonyl (C=O) groups is 1. The Kier molecular flexibility index (Phi) is 7.95. The average molecular weight is 461 g/mol. The van der Waals surface area contributed by atoms with E-state index in [1.165, 1.54) is 7.11 Å². The van der Waals surface area contributed by atoms with Gasteiger partial charge in [0.1, 0.15) is 12.4 Å². The zero-order chi connectivity index (χ0) is 22.4. The number of methoxy groups -OCH3 is 2. The van der Waals surface area contributed by atoms with Crippen molar-refractivity contribution in [3.05, 3.63) is 64.4 Å². The third-order valence-corrected chi connectivity index (χ3v) is 5.85. The highest BCUT2D eigenvalue weighted by Gasteiger charge is 2.22. The van der Waals surface area contributed by atoms with Crippen LogP contribution in [0.4, 0.5) is 0 Å². The van der Waals surface area contributed by atoms with E-state index in [0.717, 1.165) is 22.6 Å². The SMILES string of the molecule is COCC(=O)NC(C)c1nnc(SCc2cccc(OC)c2)n1-c1cc(Cl)ccc1C. The molecule has 164 valence electrons. The number of benzene rings is 2. The highest BCUT2D eigenvalue weighted by molar-refractivity contribution is 7.98. The molecule has 9 heteroatoms. The predicted molar refractivity (Wildman–Crippen MR) is 122 cm³/mol. The van der Waals surface area contributed by atoms with Crippen LogP contribution in [0.2, 0.25) is 5.02 Å². The van der Waals surface area contributed by atoms with Gasteiger partial charge in [0.15, 0.2) is 11.0 Å². The molecule has 1 N–H and O–H groups in total. The molecule has 0 saturated carbocycles. The third kappa shape index (κ3) is 5.78. The van der Waals surface area contributed by atoms with E-state index >= 15 is 0 Å². The van der Waals surface area contributed by atoms with Crippen LogP contribution >= 0.6 is 23.4 Å². The number of aryl methyl sites for hydroxylation is 1. The van der Waals surface area contributed by atoms with Crippen LogP contribution in [0.25, 0.3) is 5.69 Å². The first-order valence-corrected chi connectivity index (χ1v) is 11.0. The van der Waals surface area contributed by atoms with Crippen LogP contribution < -0.4 is 10.1 Å². The summed E-state index contributed by atoms with van der Waals surface area (Å²) in [5.74, 6) is 1.88. The van der Waals surface area contributed by atoms with Gasteiger partial charge < -0.3 is 14.8 Å². The van der Waals surface area contributed by atoms with Crippen LogP contribution in [0.15, 0.2) is 47.6 Å². The quantitative estimate of drug-likeness (QED) is 0.478. The monoisotopic (exact) mass is 460 g/mol. The molecule has 0 aliphatic rings. The molecule has 1 atom stereocenters. The summed E-state index contributed by atoms with van der Waals surface area (Å²) in [5.41, 5.74) is 2.99. The minimum absolute atomic E-state index is 0.0217. The molecule has 0 aliphatic carbocycles. The van der Waals surface area contributed by atoms with Gasteiger partial charge in [-0.25, -0.2) is 0 Å². The zero-order valence-corrected chi connectivity index (χ0v) is 19.5. The van der Waals surface area contributed by atoms with Gasteiger partial charge in [0.25, 0.3) is 0 Å². The van der Waals surface area contributed by atoms with Crippen molar-refractivity contribution in [2.24, 2.45) is 0 Å². The second kappa shape index (κ2) is 10.7. The van der Waals surface area contributed by atoms with E-state index in [1.807, 2.05) is 60.9 Å². The molecule has 1 unspecified atom stereocenters. The van der Waals surface area contributed by atoms with Crippen LogP contribution in [0.3, 0.4) is 0 Å². The molecular weight excluding hydrogens is 436 g/mol. The number of hydrogen-bond donors (Lipinski definition) is 1. The van der Waals surface area contributed by atoms with Crippen molar-refractivity contribution in [2.45, 2.75) is 30.8 Å². The number of hydrogen-bond acceptors (Lipinski definition) is 6. The zero-order valence-electron chi connectivity index (χ0n) is 17.9. The van der Waals surface area contributed by atoms with Gasteiger partial charge in [-0.2, -0.15) is 0 Å². The summed E-state index contributed by atoms with van der Waals surface area (Å²) in [6.07, 6.45) is 0. The van der Waals surface area contributed by atoms with Crippen molar-refractivity contribution < 1.29 is 14.3 Å². The summed E-state index contributed by atoms with van der Waals surface area (Å²) in [4.78, 5) is 12.0. The maximum atomic E-state index is 12.0. The van der Waals surface area contributed by atoms with Gasteiger partial charge in [0.05, 0.1) is 18.8 Å². The summed E-state index contributed by atoms with van der Waals surface area (Å²) >= 11 is 7.84. The summed E-state index contributed by atoms with van der Waals surface area (Å²) in [6.45, 7) is 3.84. The van der Waals surface area contributed by atoms with Gasteiger partial charge in [-0.05, 0) is 49.2 Å². The first kappa shape index (κ1) is 23.1. The second-order valence-corrected chi connectivity index (χ2v) is 8.35. The molecule has 0 bridgehead atoms. The van der Waals surface area contributed by atoms with Gasteiger partial charge in [-0.1, -0.05) is 41.6 Å². The standard InChI is InChI=1S/C22H25ClN4O3S/c1-14-8-9-17(23)11-19(14)27-21(15(2)24-20(28)12-29-3)25-26-22(27)31-13-16-6-5-7-18(10-16)30-4/h5-11,15H,12-13H2,1-4H3,(H,24,28). The van der Waals surface area contributed by atoms with E-state index in [4.69, 9.17) is 21.1 Å². The molecule has 0 aliphatic heterocycles. The minimum Gasteiger partial charge on any atom is -0.497 e. The molecule has 0 fully saturated rings. The molecule has 0 saturated heterocycles. The first-order chi connectivity index (χ1) is 14.9. The fourth-order valence-electron chi connectivity index (χ4n) is 3.09. The predicted octanol–water partition coefficient (Wildman–Crippen LogP) is 4.35. The van der Waals surface area contributed by atoms with Crippen molar-refractivity contribution in [3.63, 3.8) is 0 Å². The fraction of sp³-hybridized carbons (Fsp3) is 0.318. The van der Waals surface area contributed by atoms with E-state index < -0.39 is 0 Å². The molecule has 31 heavy (non-hydrogen) atoms. The molecule has 0 radical (unpaired) electrons. The lowest BCUT2D eigenvalue weighted by molar-refractivity contribution is -0.125. The van der Waals surface area contributed by atoms with Crippen LogP contribution in [-0.4, -0.2) is 41.5 Å². The van der Waals surface area contributed by atoms with E-state index in [9.17, 15) is 4.79 Å². The van der Waals surface area contributed by atoms with Gasteiger partial charge in [0, 0.05) is 17.9 Å². The van der Waals surface area contributed by atoms with Gasteiger partial charge in [-0.3, -0.25) is 9.36 Å². The van der Waals surface area contributed by atoms with E-state index in [-0.39, 0.29) is 18.6 Å². The average Bonchev–Trinajstić information content (AvgIpc) is 3.18. The largest absolute Gasteiger partial charge is 0.497 e. The topological polar surface area (TPSA) is 78.3 Å². The lowest BCUT2D eigenvalue weighted by atomic mass is 10.2. The Balaban J connectivity index is 1.96. The Morgan fingerprint density at radius 3 is 2.77 bits per heavy atom. The Labute approximate surface area is 191 Å². The minimum atomic E-state index is -0.375. The number of ether oxygens (including phenoxy) is 2. The smallest absolute Gasteiger partial charge is 0.246 e. The van der Waals surface area contributed by atoms with Crippen LogP contribution in [-0.2, 0) is 15.3 Å². The summed E-state index contributed by atoms with van der Waals surface area (Å²) in [6, 6.07) is 13.2. The Morgan fingerprint density at radius 1 is 1.23 bits per heavy atom. The second-order valence-electron chi connectivity index (χ2n) is 6.97. The number of halogens is 1. The first-order valence-electron chi connectivity index (χ1n) is 9.68. The summed E-state index contributed by atoms with van der Waals surface area (Å²) < 4.78 is 12.2. The highest BCUT2D eigenvalue weighted by atomic mass is 35.5. The molecule has 7 nitrogen and oxygen atoms in total. The van der Waals surface area contributed by atoms with Crippen LogP contribution in [0.1, 0.15) is 29.9 Å². The molecule has 1 aromatic heterocycles. The van der Waals surface area contributed by atoms with E-state index in [1.54, 1.807) is 18.9 Å². The van der Waals surface area contributed by atoms with Crippen molar-refractivity contribution in [2.75, 3.05) is 20.8 Å². The van der Waals surface area contributed by atoms with Gasteiger partial charge in [-0.15, -0.1) is 10.2 Å². The lowest BCUT2D eigenvalue weighted by Gasteiger charge is -2.18. The fourth-order valence-corrected chi connectivity index (χ4v) is 4.16. The number of aromatic nitrogens is 3. The number of carbonyl (C=O) groups excluding carboxylic acids is 1. The Morgan fingerprint density at radius 2 is 2.03 bits per heavy atom. The normalized spacial score (nSPS) is 11.9. The van der Waals surface area contributed by atoms with Crippen molar-refractivity contribution in [3.8, 4) is 11.4 Å². The van der Waals surface area contributed by atoms with Crippen molar-refractivity contribution in [1.29, 1.82) is 0 Å². The van der Waals surface area contributed by atoms with Crippen molar-refractivity contribution >= 4 is 29.3 Å². The lowest BCUT2D eigenvalue weighted by Crippen LogP contribution is -2.31. The molecule has 1 amide bonds. The maximum Gasteiger partial charge on any atom is 0.246 e. The van der Waals surface area contributed by atoms with E-state index in [0.29, 0.717) is 21.8 Å². The van der Waals surface area contributed by atoms with Crippen LogP contribution in [0.5, 0.6) is 5.75 Å². The summed E-state index contributed by atoms with van der Waals surface area (Å²) in [7, 11) is 3.13. The Hall–Kier alpha value is -2.55. The van der Waals surface area contributed by atoms with E-state index in [2.05, 4.69) is 15.5 Å². The maximum absolute atomic E-state index is 12.0. The number of amides is 1. The van der Waals surface area contributed by atoms with Crippen molar-refractivity contribution in [1.82, 2.24) is 20.1 Å². The van der Waals surface area contributed by atoms with Gasteiger partial charge >= 0.3 is 0 Å². The molecule has 2 aromatic carbocycles. The number of thioether (sulfide) groups is 1. The molecule has 3 aromatic rings. The molecule has 3 rings (SSSR count). The molecule has 1 heterocycles. The third-order valence-electron chi connectivity index (χ3n) is 4.61. The molecular formula is C22H25ClN4O3S. The number of rotatable bonds is 9. The Bertz CT molecular complexity index is 1060. The van der Waals surface area contributed by atoms with Gasteiger partial charge in [0.2, 0.25) is 5.91 Å². The summed E-state index contributed by atoms with van der Waals surface area (Å²) in [5, 5.41) is 13.0. The van der Waals surface area contributed by atoms with Crippen LogP contribution in [0, 0.1) is 6.92 Å². The number of nitrogens with zero attached hydrogens (tertiary/aromatic N) is 3. The molecule has 0 spiro atoms. The highest BCUT2D eigenvalue weighted by Crippen LogP contribution is 2.30. The number of nitrogens with one attached hydrogen (secondary N) is 1.